The fourth-order valence-corrected chi connectivity index (χ4v) is 2.41. The van der Waals surface area contributed by atoms with Crippen LogP contribution >= 0.6 is 23.8 Å². The van der Waals surface area contributed by atoms with Crippen LogP contribution in [-0.2, 0) is 6.54 Å². The molecular weight excluding hydrogens is 288 g/mol. The first-order valence-corrected chi connectivity index (χ1v) is 7.12. The third kappa shape index (κ3) is 3.50. The fourth-order valence-electron chi connectivity index (χ4n) is 2.04. The molecule has 0 aliphatic rings. The predicted molar refractivity (Wildman–Crippen MR) is 90.6 cm³/mol. The second kappa shape index (κ2) is 6.25. The highest BCUT2D eigenvalue weighted by atomic mass is 35.5. The van der Waals surface area contributed by atoms with E-state index in [1.807, 2.05) is 25.2 Å². The van der Waals surface area contributed by atoms with E-state index < -0.39 is 0 Å². The van der Waals surface area contributed by atoms with Crippen LogP contribution < -0.4 is 10.6 Å². The van der Waals surface area contributed by atoms with Gasteiger partial charge in [-0.2, -0.15) is 0 Å². The number of nitrogens with two attached hydrogens (primary N) is 1. The summed E-state index contributed by atoms with van der Waals surface area (Å²) in [5.74, 6) is 0. The van der Waals surface area contributed by atoms with Crippen LogP contribution in [0.4, 0.5) is 5.69 Å². The molecule has 0 fully saturated rings. The van der Waals surface area contributed by atoms with Crippen molar-refractivity contribution in [3.63, 3.8) is 0 Å². The van der Waals surface area contributed by atoms with Crippen LogP contribution in [0.5, 0.6) is 0 Å². The lowest BCUT2D eigenvalue weighted by molar-refractivity contribution is 0.922. The van der Waals surface area contributed by atoms with Gasteiger partial charge in [-0.25, -0.2) is 0 Å². The number of thiocarbonyl (C=S) groups is 1. The summed E-state index contributed by atoms with van der Waals surface area (Å²) in [6.45, 7) is 2.82. The molecule has 0 saturated heterocycles. The molecule has 2 rings (SSSR count). The molecule has 0 aliphatic heterocycles. The summed E-state index contributed by atoms with van der Waals surface area (Å²) in [5.41, 5.74) is 9.86. The van der Waals surface area contributed by atoms with E-state index in [-0.39, 0.29) is 0 Å². The molecule has 104 valence electrons. The molecule has 0 heterocycles. The molecule has 2 nitrogen and oxygen atoms in total. The number of halogens is 1. The van der Waals surface area contributed by atoms with Crippen molar-refractivity contribution in [1.82, 2.24) is 0 Å². The fraction of sp³-hybridized carbons (Fsp3) is 0.188. The summed E-state index contributed by atoms with van der Waals surface area (Å²) in [6.07, 6.45) is 0. The Hall–Kier alpha value is -1.58. The minimum absolute atomic E-state index is 0.366. The van der Waals surface area contributed by atoms with Crippen molar-refractivity contribution in [2.24, 2.45) is 5.73 Å². The molecule has 0 radical (unpaired) electrons. The van der Waals surface area contributed by atoms with Gasteiger partial charge in [-0.05, 0) is 36.2 Å². The SMILES string of the molecule is Cc1cccc(N(C)Cc2ccc(C(N)=S)cc2Cl)c1. The summed E-state index contributed by atoms with van der Waals surface area (Å²) < 4.78 is 0. The number of aryl methyl sites for hydroxylation is 1. The van der Waals surface area contributed by atoms with Crippen molar-refractivity contribution in [2.75, 3.05) is 11.9 Å². The van der Waals surface area contributed by atoms with Crippen LogP contribution in [0.15, 0.2) is 42.5 Å². The van der Waals surface area contributed by atoms with Gasteiger partial charge in [-0.3, -0.25) is 0 Å². The predicted octanol–water partition coefficient (Wildman–Crippen LogP) is 3.92. The number of hydrogen-bond acceptors (Lipinski definition) is 2. The maximum atomic E-state index is 6.29. The molecule has 4 heteroatoms. The van der Waals surface area contributed by atoms with Crippen LogP contribution in [0.25, 0.3) is 0 Å². The molecular formula is C16H17ClN2S. The molecule has 0 aromatic heterocycles. The van der Waals surface area contributed by atoms with Crippen molar-refractivity contribution in [3.05, 3.63) is 64.2 Å². The van der Waals surface area contributed by atoms with E-state index in [0.29, 0.717) is 10.0 Å². The first kappa shape index (κ1) is 14.8. The largest absolute Gasteiger partial charge is 0.389 e. The van der Waals surface area contributed by atoms with Gasteiger partial charge in [0.15, 0.2) is 0 Å². The molecule has 0 aliphatic carbocycles. The van der Waals surface area contributed by atoms with Crippen molar-refractivity contribution >= 4 is 34.5 Å². The van der Waals surface area contributed by atoms with Gasteiger partial charge in [0, 0.05) is 29.9 Å². The smallest absolute Gasteiger partial charge is 0.104 e. The molecule has 0 bridgehead atoms. The summed E-state index contributed by atoms with van der Waals surface area (Å²) in [4.78, 5) is 2.53. The number of hydrogen-bond donors (Lipinski definition) is 1. The number of nitrogens with zero attached hydrogens (tertiary/aromatic N) is 1. The van der Waals surface area contributed by atoms with Crippen LogP contribution in [0.2, 0.25) is 5.02 Å². The number of benzene rings is 2. The number of anilines is 1. The molecule has 0 unspecified atom stereocenters. The lowest BCUT2D eigenvalue weighted by atomic mass is 10.1. The molecule has 0 atom stereocenters. The molecule has 0 saturated carbocycles. The van der Waals surface area contributed by atoms with Crippen LogP contribution in [0, 0.1) is 6.92 Å². The Kier molecular flexibility index (Phi) is 4.63. The van der Waals surface area contributed by atoms with Crippen LogP contribution in [0.3, 0.4) is 0 Å². The van der Waals surface area contributed by atoms with Crippen molar-refractivity contribution in [3.8, 4) is 0 Å². The topological polar surface area (TPSA) is 29.3 Å². The maximum Gasteiger partial charge on any atom is 0.104 e. The Labute approximate surface area is 130 Å². The standard InChI is InChI=1S/C16H17ClN2S/c1-11-4-3-5-14(8-11)19(2)10-13-7-6-12(16(18)20)9-15(13)17/h3-9H,10H2,1-2H3,(H2,18,20). The molecule has 20 heavy (non-hydrogen) atoms. The van der Waals surface area contributed by atoms with Gasteiger partial charge in [0.1, 0.15) is 4.99 Å². The highest BCUT2D eigenvalue weighted by Gasteiger charge is 2.07. The van der Waals surface area contributed by atoms with Gasteiger partial charge in [-0.1, -0.05) is 48.1 Å². The average Bonchev–Trinajstić information content (AvgIpc) is 2.40. The first-order chi connectivity index (χ1) is 9.47. The Morgan fingerprint density at radius 3 is 2.60 bits per heavy atom. The van der Waals surface area contributed by atoms with Crippen LogP contribution in [-0.4, -0.2) is 12.0 Å². The lowest BCUT2D eigenvalue weighted by Gasteiger charge is -2.20. The third-order valence-corrected chi connectivity index (χ3v) is 3.78. The zero-order chi connectivity index (χ0) is 14.7. The summed E-state index contributed by atoms with van der Waals surface area (Å²) in [5, 5.41) is 0.690. The monoisotopic (exact) mass is 304 g/mol. The molecule has 2 N–H and O–H groups in total. The molecule has 0 spiro atoms. The van der Waals surface area contributed by atoms with Gasteiger partial charge in [0.2, 0.25) is 0 Å². The second-order valence-corrected chi connectivity index (χ2v) is 5.71. The summed E-state index contributed by atoms with van der Waals surface area (Å²) >= 11 is 11.2. The number of rotatable bonds is 4. The van der Waals surface area contributed by atoms with E-state index >= 15 is 0 Å². The lowest BCUT2D eigenvalue weighted by Crippen LogP contribution is -2.17. The molecule has 0 amide bonds. The third-order valence-electron chi connectivity index (χ3n) is 3.19. The van der Waals surface area contributed by atoms with E-state index in [9.17, 15) is 0 Å². The van der Waals surface area contributed by atoms with E-state index in [0.717, 1.165) is 17.7 Å². The van der Waals surface area contributed by atoms with Gasteiger partial charge in [0.25, 0.3) is 0 Å². The first-order valence-electron chi connectivity index (χ1n) is 6.33. The molecule has 2 aromatic rings. The van der Waals surface area contributed by atoms with Crippen molar-refractivity contribution in [2.45, 2.75) is 13.5 Å². The zero-order valence-electron chi connectivity index (χ0n) is 11.6. The highest BCUT2D eigenvalue weighted by molar-refractivity contribution is 7.80. The zero-order valence-corrected chi connectivity index (χ0v) is 13.1. The summed E-state index contributed by atoms with van der Waals surface area (Å²) in [7, 11) is 2.05. The van der Waals surface area contributed by atoms with Gasteiger partial charge in [-0.15, -0.1) is 0 Å². The maximum absolute atomic E-state index is 6.29. The minimum Gasteiger partial charge on any atom is -0.389 e. The summed E-state index contributed by atoms with van der Waals surface area (Å²) in [6, 6.07) is 14.1. The van der Waals surface area contributed by atoms with Gasteiger partial charge >= 0.3 is 0 Å². The van der Waals surface area contributed by atoms with E-state index in [4.69, 9.17) is 29.6 Å². The van der Waals surface area contributed by atoms with Gasteiger partial charge < -0.3 is 10.6 Å². The Morgan fingerprint density at radius 1 is 1.25 bits per heavy atom. The molecule has 2 aromatic carbocycles. The normalized spacial score (nSPS) is 10.3. The average molecular weight is 305 g/mol. The van der Waals surface area contributed by atoms with Crippen molar-refractivity contribution in [1.29, 1.82) is 0 Å². The van der Waals surface area contributed by atoms with Gasteiger partial charge in [0.05, 0.1) is 0 Å². The van der Waals surface area contributed by atoms with Crippen LogP contribution in [0.1, 0.15) is 16.7 Å². The highest BCUT2D eigenvalue weighted by Crippen LogP contribution is 2.22. The van der Waals surface area contributed by atoms with Crippen molar-refractivity contribution < 1.29 is 0 Å². The van der Waals surface area contributed by atoms with E-state index in [2.05, 4.69) is 36.1 Å². The minimum atomic E-state index is 0.366. The van der Waals surface area contributed by atoms with E-state index in [1.165, 1.54) is 11.3 Å². The second-order valence-electron chi connectivity index (χ2n) is 4.87. The quantitative estimate of drug-likeness (QED) is 0.868. The van der Waals surface area contributed by atoms with E-state index in [1.54, 1.807) is 0 Å². The Morgan fingerprint density at radius 2 is 2.00 bits per heavy atom. The Balaban J connectivity index is 2.19. The Bertz CT molecular complexity index is 640.